The van der Waals surface area contributed by atoms with Crippen LogP contribution in [-0.4, -0.2) is 10.2 Å². The van der Waals surface area contributed by atoms with Gasteiger partial charge in [-0.15, -0.1) is 22.7 Å². The minimum absolute atomic E-state index is 0.806. The van der Waals surface area contributed by atoms with E-state index in [1.54, 1.807) is 6.20 Å². The molecule has 0 unspecified atom stereocenters. The quantitative estimate of drug-likeness (QED) is 0.649. The number of nitrogens with zero attached hydrogens (tertiary/aromatic N) is 2. The number of hydrogen-bond donors (Lipinski definition) is 1. The van der Waals surface area contributed by atoms with Gasteiger partial charge in [-0.2, -0.15) is 4.47 Å². The summed E-state index contributed by atoms with van der Waals surface area (Å²) in [6.07, 6.45) is 1.72. The van der Waals surface area contributed by atoms with Gasteiger partial charge < -0.3 is 0 Å². The molecule has 0 aliphatic heterocycles. The average molecular weight is 230 g/mol. The molecule has 0 atom stereocenters. The first-order valence-corrected chi connectivity index (χ1v) is 5.99. The highest BCUT2D eigenvalue weighted by molar-refractivity contribution is 8.02. The summed E-state index contributed by atoms with van der Waals surface area (Å²) in [7, 11) is 0. The van der Waals surface area contributed by atoms with Crippen LogP contribution < -0.4 is 4.47 Å². The van der Waals surface area contributed by atoms with Crippen LogP contribution in [0.3, 0.4) is 0 Å². The Labute approximate surface area is 87.8 Å². The second kappa shape index (κ2) is 4.10. The second-order valence-electron chi connectivity index (χ2n) is 2.11. The first-order valence-electron chi connectivity index (χ1n) is 3.46. The van der Waals surface area contributed by atoms with Crippen molar-refractivity contribution in [2.45, 2.75) is 4.34 Å². The summed E-state index contributed by atoms with van der Waals surface area (Å²) < 4.78 is 1.96. The van der Waals surface area contributed by atoms with Gasteiger partial charge in [0.25, 0.3) is 0 Å². The molecule has 0 fully saturated rings. The fraction of sp³-hybridized carbons (Fsp3) is 0. The number of hydrogen-bond acceptors (Lipinski definition) is 6. The van der Waals surface area contributed by atoms with Gasteiger partial charge in [-0.25, -0.2) is 4.98 Å². The van der Waals surface area contributed by atoms with Crippen molar-refractivity contribution in [1.82, 2.24) is 4.98 Å². The second-order valence-corrected chi connectivity index (χ2v) is 5.11. The van der Waals surface area contributed by atoms with Crippen LogP contribution >= 0.6 is 34.6 Å². The fourth-order valence-corrected chi connectivity index (χ4v) is 2.86. The van der Waals surface area contributed by atoms with Gasteiger partial charge in [0.15, 0.2) is 4.34 Å². The third-order valence-electron chi connectivity index (χ3n) is 1.27. The molecule has 0 spiro atoms. The molecule has 0 aliphatic carbocycles. The first-order chi connectivity index (χ1) is 6.36. The Kier molecular flexibility index (Phi) is 2.84. The lowest BCUT2D eigenvalue weighted by atomic mass is 10.6. The largest absolute Gasteiger partial charge is 0.276 e. The van der Waals surface area contributed by atoms with Crippen LogP contribution in [0.1, 0.15) is 0 Å². The lowest BCUT2D eigenvalue weighted by Gasteiger charge is -2.09. The zero-order chi connectivity index (χ0) is 9.10. The third kappa shape index (κ3) is 2.22. The van der Waals surface area contributed by atoms with Crippen molar-refractivity contribution in [2.24, 2.45) is 0 Å². The standard InChI is InChI=1S/C7H6N2OS3/c10-9(6-2-1-4-11-6)13-7-8-3-5-12-7/h1-5,10H. The van der Waals surface area contributed by atoms with Gasteiger partial charge in [0.05, 0.1) is 0 Å². The summed E-state index contributed by atoms with van der Waals surface area (Å²) in [4.78, 5) is 4.05. The lowest BCUT2D eigenvalue weighted by molar-refractivity contribution is 0.334. The highest BCUT2D eigenvalue weighted by atomic mass is 32.2. The molecule has 2 heterocycles. The van der Waals surface area contributed by atoms with E-state index in [0.717, 1.165) is 13.8 Å². The van der Waals surface area contributed by atoms with E-state index < -0.39 is 0 Å². The molecule has 6 heteroatoms. The summed E-state index contributed by atoms with van der Waals surface area (Å²) in [5, 5.41) is 14.2. The first kappa shape index (κ1) is 9.01. The summed E-state index contributed by atoms with van der Waals surface area (Å²) in [5.41, 5.74) is 0. The lowest BCUT2D eigenvalue weighted by Crippen LogP contribution is -2.04. The maximum atomic E-state index is 9.55. The van der Waals surface area contributed by atoms with Gasteiger partial charge >= 0.3 is 0 Å². The van der Waals surface area contributed by atoms with E-state index in [9.17, 15) is 5.21 Å². The van der Waals surface area contributed by atoms with E-state index in [0.29, 0.717) is 0 Å². The van der Waals surface area contributed by atoms with Crippen molar-refractivity contribution in [3.8, 4) is 0 Å². The van der Waals surface area contributed by atoms with Crippen molar-refractivity contribution in [3.05, 3.63) is 29.1 Å². The Morgan fingerprint density at radius 3 is 2.92 bits per heavy atom. The van der Waals surface area contributed by atoms with Crippen LogP contribution in [-0.2, 0) is 0 Å². The fourth-order valence-electron chi connectivity index (χ4n) is 0.753. The Morgan fingerprint density at radius 1 is 1.38 bits per heavy atom. The van der Waals surface area contributed by atoms with E-state index in [1.807, 2.05) is 22.9 Å². The average Bonchev–Trinajstić information content (AvgIpc) is 2.74. The zero-order valence-electron chi connectivity index (χ0n) is 6.45. The molecule has 1 N–H and O–H groups in total. The number of thiazole rings is 1. The van der Waals surface area contributed by atoms with Gasteiger partial charge in [0, 0.05) is 23.5 Å². The van der Waals surface area contributed by atoms with Crippen molar-refractivity contribution >= 4 is 39.6 Å². The number of aromatic nitrogens is 1. The van der Waals surface area contributed by atoms with Crippen molar-refractivity contribution in [3.63, 3.8) is 0 Å². The number of rotatable bonds is 3. The van der Waals surface area contributed by atoms with Crippen molar-refractivity contribution in [1.29, 1.82) is 0 Å². The number of thiophene rings is 1. The highest BCUT2D eigenvalue weighted by Crippen LogP contribution is 2.30. The monoisotopic (exact) mass is 230 g/mol. The van der Waals surface area contributed by atoms with E-state index >= 15 is 0 Å². The highest BCUT2D eigenvalue weighted by Gasteiger charge is 2.07. The van der Waals surface area contributed by atoms with Gasteiger partial charge in [0.1, 0.15) is 5.00 Å². The van der Waals surface area contributed by atoms with Gasteiger partial charge in [-0.05, 0) is 17.5 Å². The van der Waals surface area contributed by atoms with Crippen LogP contribution in [0.5, 0.6) is 0 Å². The molecule has 2 rings (SSSR count). The minimum Gasteiger partial charge on any atom is -0.276 e. The molecule has 2 aromatic heterocycles. The molecule has 0 aliphatic rings. The molecule has 0 radical (unpaired) electrons. The van der Waals surface area contributed by atoms with E-state index in [4.69, 9.17) is 0 Å². The third-order valence-corrected chi connectivity index (χ3v) is 3.94. The Hall–Kier alpha value is -0.560. The summed E-state index contributed by atoms with van der Waals surface area (Å²) >= 11 is 4.20. The van der Waals surface area contributed by atoms with Crippen LogP contribution in [0.4, 0.5) is 5.00 Å². The van der Waals surface area contributed by atoms with Gasteiger partial charge in [-0.1, -0.05) is 0 Å². The number of anilines is 1. The molecule has 2 aromatic rings. The zero-order valence-corrected chi connectivity index (χ0v) is 8.90. The van der Waals surface area contributed by atoms with E-state index in [2.05, 4.69) is 4.98 Å². The summed E-state index contributed by atoms with van der Waals surface area (Å²) in [5.74, 6) is 0. The SMILES string of the molecule is ON(Sc1nccs1)c1cccs1. The molecular formula is C7H6N2OS3. The Morgan fingerprint density at radius 2 is 2.31 bits per heavy atom. The van der Waals surface area contributed by atoms with E-state index in [1.165, 1.54) is 34.6 Å². The van der Waals surface area contributed by atoms with Gasteiger partial charge in [0.2, 0.25) is 0 Å². The molecule has 0 saturated carbocycles. The summed E-state index contributed by atoms with van der Waals surface area (Å²) in [6.45, 7) is 0. The van der Waals surface area contributed by atoms with Crippen LogP contribution in [0.15, 0.2) is 33.4 Å². The smallest absolute Gasteiger partial charge is 0.172 e. The molecule has 68 valence electrons. The van der Waals surface area contributed by atoms with Crippen molar-refractivity contribution in [2.75, 3.05) is 4.47 Å². The molecule has 0 bridgehead atoms. The predicted molar refractivity (Wildman–Crippen MR) is 56.6 cm³/mol. The van der Waals surface area contributed by atoms with Crippen LogP contribution in [0.2, 0.25) is 0 Å². The summed E-state index contributed by atoms with van der Waals surface area (Å²) in [6, 6.07) is 3.75. The molecule has 0 saturated heterocycles. The Balaban J connectivity index is 2.04. The molecule has 0 amide bonds. The minimum atomic E-state index is 0.806. The normalized spacial score (nSPS) is 10.2. The molecule has 3 nitrogen and oxygen atoms in total. The topological polar surface area (TPSA) is 36.4 Å². The van der Waals surface area contributed by atoms with Crippen molar-refractivity contribution < 1.29 is 5.21 Å². The van der Waals surface area contributed by atoms with Gasteiger partial charge in [-0.3, -0.25) is 5.21 Å². The maximum Gasteiger partial charge on any atom is 0.172 e. The molecule has 0 aromatic carbocycles. The molecular weight excluding hydrogens is 224 g/mol. The van der Waals surface area contributed by atoms with Crippen LogP contribution in [0, 0.1) is 0 Å². The molecule has 13 heavy (non-hydrogen) atoms. The Bertz CT molecular complexity index is 346. The van der Waals surface area contributed by atoms with E-state index in [-0.39, 0.29) is 0 Å². The maximum absolute atomic E-state index is 9.55. The van der Waals surface area contributed by atoms with Crippen LogP contribution in [0.25, 0.3) is 0 Å². The predicted octanol–water partition coefficient (Wildman–Crippen LogP) is 3.11.